The van der Waals surface area contributed by atoms with E-state index in [0.29, 0.717) is 31.5 Å². The van der Waals surface area contributed by atoms with Gasteiger partial charge in [0.05, 0.1) is 18.6 Å². The first-order chi connectivity index (χ1) is 15.5. The van der Waals surface area contributed by atoms with Crippen LogP contribution < -0.4 is 15.4 Å². The van der Waals surface area contributed by atoms with Crippen molar-refractivity contribution >= 4 is 68.1 Å². The second kappa shape index (κ2) is 9.99. The Labute approximate surface area is 197 Å². The van der Waals surface area contributed by atoms with Crippen molar-refractivity contribution in [2.24, 2.45) is 0 Å². The van der Waals surface area contributed by atoms with Gasteiger partial charge in [-0.15, -0.1) is 10.2 Å². The van der Waals surface area contributed by atoms with Crippen LogP contribution in [0.1, 0.15) is 10.4 Å². The van der Waals surface area contributed by atoms with Crippen LogP contribution in [0.2, 0.25) is 5.02 Å². The lowest BCUT2D eigenvalue weighted by Gasteiger charge is -2.09. The highest BCUT2D eigenvalue weighted by Crippen LogP contribution is 2.29. The Balaban J connectivity index is 1.36. The molecule has 0 aliphatic carbocycles. The maximum absolute atomic E-state index is 12.7. The molecule has 162 valence electrons. The Morgan fingerprint density at radius 1 is 1.06 bits per heavy atom. The van der Waals surface area contributed by atoms with Crippen molar-refractivity contribution in [1.82, 2.24) is 10.2 Å². The number of aromatic nitrogens is 2. The minimum Gasteiger partial charge on any atom is -0.495 e. The lowest BCUT2D eigenvalue weighted by molar-refractivity contribution is -0.113. The standard InChI is InChI=1S/C22H17ClN4O3S2/c1-30-18-10-9-14(23)11-17(18)24-19(28)12-31-22-27-26-21(32-22)25-20(29)16-8-4-6-13-5-2-3-7-15(13)16/h2-11H,12H2,1H3,(H,24,28)(H,25,26,29). The number of rotatable bonds is 7. The molecule has 0 aliphatic heterocycles. The van der Waals surface area contributed by atoms with Gasteiger partial charge >= 0.3 is 0 Å². The average Bonchev–Trinajstić information content (AvgIpc) is 3.24. The van der Waals surface area contributed by atoms with Gasteiger partial charge in [0.1, 0.15) is 5.75 Å². The number of anilines is 2. The first kappa shape index (κ1) is 22.1. The van der Waals surface area contributed by atoms with Crippen LogP contribution in [0, 0.1) is 0 Å². The number of nitrogens with zero attached hydrogens (tertiary/aromatic N) is 2. The van der Waals surface area contributed by atoms with E-state index in [4.69, 9.17) is 16.3 Å². The van der Waals surface area contributed by atoms with Crippen LogP contribution in [0.15, 0.2) is 65.0 Å². The van der Waals surface area contributed by atoms with Crippen LogP contribution in [0.4, 0.5) is 10.8 Å². The van der Waals surface area contributed by atoms with Crippen LogP contribution in [0.5, 0.6) is 5.75 Å². The van der Waals surface area contributed by atoms with E-state index >= 15 is 0 Å². The van der Waals surface area contributed by atoms with Crippen molar-refractivity contribution in [3.05, 3.63) is 71.2 Å². The summed E-state index contributed by atoms with van der Waals surface area (Å²) >= 11 is 8.41. The molecule has 3 aromatic carbocycles. The second-order valence-electron chi connectivity index (χ2n) is 6.54. The fraction of sp³-hybridized carbons (Fsp3) is 0.0909. The molecule has 0 saturated carbocycles. The molecule has 0 spiro atoms. The van der Waals surface area contributed by atoms with E-state index in [9.17, 15) is 9.59 Å². The molecule has 0 radical (unpaired) electrons. The van der Waals surface area contributed by atoms with Crippen molar-refractivity contribution in [2.45, 2.75) is 4.34 Å². The SMILES string of the molecule is COc1ccc(Cl)cc1NC(=O)CSc1nnc(NC(=O)c2cccc3ccccc23)s1. The molecule has 1 aromatic heterocycles. The maximum Gasteiger partial charge on any atom is 0.258 e. The van der Waals surface area contributed by atoms with Crippen molar-refractivity contribution in [3.8, 4) is 5.75 Å². The highest BCUT2D eigenvalue weighted by Gasteiger charge is 2.14. The number of halogens is 1. The molecule has 0 bridgehead atoms. The quantitative estimate of drug-likeness (QED) is 0.272. The number of ether oxygens (including phenoxy) is 1. The molecule has 0 unspecified atom stereocenters. The van der Waals surface area contributed by atoms with Crippen molar-refractivity contribution in [2.75, 3.05) is 23.5 Å². The molecule has 0 saturated heterocycles. The van der Waals surface area contributed by atoms with Crippen molar-refractivity contribution in [3.63, 3.8) is 0 Å². The Bertz CT molecular complexity index is 1290. The van der Waals surface area contributed by atoms with Crippen LogP contribution >= 0.6 is 34.7 Å². The van der Waals surface area contributed by atoms with Gasteiger partial charge in [-0.05, 0) is 35.0 Å². The molecule has 4 rings (SSSR count). The molecule has 0 atom stereocenters. The average molecular weight is 485 g/mol. The lowest BCUT2D eigenvalue weighted by atomic mass is 10.0. The molecular weight excluding hydrogens is 468 g/mol. The molecule has 0 fully saturated rings. The molecule has 2 N–H and O–H groups in total. The van der Waals surface area contributed by atoms with Gasteiger partial charge in [-0.3, -0.25) is 14.9 Å². The van der Waals surface area contributed by atoms with E-state index < -0.39 is 0 Å². The highest BCUT2D eigenvalue weighted by atomic mass is 35.5. The maximum atomic E-state index is 12.7. The topological polar surface area (TPSA) is 93.2 Å². The molecule has 32 heavy (non-hydrogen) atoms. The van der Waals surface area contributed by atoms with Crippen molar-refractivity contribution in [1.29, 1.82) is 0 Å². The van der Waals surface area contributed by atoms with Crippen LogP contribution in [-0.4, -0.2) is 34.9 Å². The first-order valence-electron chi connectivity index (χ1n) is 9.42. The molecule has 10 heteroatoms. The zero-order chi connectivity index (χ0) is 22.5. The molecule has 7 nitrogen and oxygen atoms in total. The van der Waals surface area contributed by atoms with Gasteiger partial charge in [0.15, 0.2) is 4.34 Å². The zero-order valence-electron chi connectivity index (χ0n) is 16.8. The van der Waals surface area contributed by atoms with Gasteiger partial charge < -0.3 is 10.1 Å². The fourth-order valence-electron chi connectivity index (χ4n) is 3.00. The summed E-state index contributed by atoms with van der Waals surface area (Å²) in [5.41, 5.74) is 1.05. The summed E-state index contributed by atoms with van der Waals surface area (Å²) in [5, 5.41) is 16.3. The Morgan fingerprint density at radius 3 is 2.72 bits per heavy atom. The van der Waals surface area contributed by atoms with E-state index in [1.807, 2.05) is 36.4 Å². The van der Waals surface area contributed by atoms with Crippen molar-refractivity contribution < 1.29 is 14.3 Å². The highest BCUT2D eigenvalue weighted by molar-refractivity contribution is 8.01. The number of fused-ring (bicyclic) bond motifs is 1. The van der Waals surface area contributed by atoms with Gasteiger partial charge in [0.2, 0.25) is 11.0 Å². The monoisotopic (exact) mass is 484 g/mol. The van der Waals surface area contributed by atoms with Crippen LogP contribution in [-0.2, 0) is 4.79 Å². The predicted molar refractivity (Wildman–Crippen MR) is 129 cm³/mol. The number of amides is 2. The minimum atomic E-state index is -0.264. The smallest absolute Gasteiger partial charge is 0.258 e. The zero-order valence-corrected chi connectivity index (χ0v) is 19.2. The number of methoxy groups -OCH3 is 1. The van der Waals surface area contributed by atoms with E-state index in [2.05, 4.69) is 20.8 Å². The predicted octanol–water partition coefficient (Wildman–Crippen LogP) is 5.34. The number of hydrogen-bond donors (Lipinski definition) is 2. The third-order valence-electron chi connectivity index (χ3n) is 4.42. The van der Waals surface area contributed by atoms with Crippen LogP contribution in [0.25, 0.3) is 10.8 Å². The molecule has 0 aliphatic rings. The summed E-state index contributed by atoms with van der Waals surface area (Å²) in [4.78, 5) is 25.0. The third kappa shape index (κ3) is 5.18. The van der Waals surface area contributed by atoms with E-state index in [0.717, 1.165) is 10.8 Å². The largest absolute Gasteiger partial charge is 0.495 e. The number of hydrogen-bond acceptors (Lipinski definition) is 7. The fourth-order valence-corrected chi connectivity index (χ4v) is 4.72. The van der Waals surface area contributed by atoms with Gasteiger partial charge in [-0.25, -0.2) is 0 Å². The number of carbonyl (C=O) groups excluding carboxylic acids is 2. The molecule has 1 heterocycles. The molecular formula is C22H17ClN4O3S2. The lowest BCUT2D eigenvalue weighted by Crippen LogP contribution is -2.14. The first-order valence-corrected chi connectivity index (χ1v) is 11.6. The Morgan fingerprint density at radius 2 is 1.88 bits per heavy atom. The van der Waals surface area contributed by atoms with E-state index in [1.165, 1.54) is 30.2 Å². The van der Waals surface area contributed by atoms with Gasteiger partial charge in [-0.1, -0.05) is 71.1 Å². The Hall–Kier alpha value is -3.14. The molecule has 4 aromatic rings. The summed E-state index contributed by atoms with van der Waals surface area (Å²) in [5.74, 6) is 0.121. The number of carbonyl (C=O) groups is 2. The summed E-state index contributed by atoms with van der Waals surface area (Å²) in [7, 11) is 1.52. The summed E-state index contributed by atoms with van der Waals surface area (Å²) in [6.07, 6.45) is 0. The van der Waals surface area contributed by atoms with Gasteiger partial charge in [0.25, 0.3) is 5.91 Å². The number of nitrogens with one attached hydrogen (secondary N) is 2. The number of thioether (sulfide) groups is 1. The molecule has 2 amide bonds. The van der Waals surface area contributed by atoms with E-state index in [1.54, 1.807) is 24.3 Å². The second-order valence-corrected chi connectivity index (χ2v) is 9.17. The normalized spacial score (nSPS) is 10.7. The van der Waals surface area contributed by atoms with Gasteiger partial charge in [-0.2, -0.15) is 0 Å². The number of benzene rings is 3. The van der Waals surface area contributed by atoms with Gasteiger partial charge in [0, 0.05) is 10.6 Å². The summed E-state index contributed by atoms with van der Waals surface area (Å²) in [6, 6.07) is 18.2. The van der Waals surface area contributed by atoms with Crippen LogP contribution in [0.3, 0.4) is 0 Å². The third-order valence-corrected chi connectivity index (χ3v) is 6.63. The minimum absolute atomic E-state index is 0.113. The summed E-state index contributed by atoms with van der Waals surface area (Å²) in [6.45, 7) is 0. The summed E-state index contributed by atoms with van der Waals surface area (Å²) < 4.78 is 5.79. The van der Waals surface area contributed by atoms with E-state index in [-0.39, 0.29) is 17.6 Å². The Kier molecular flexibility index (Phi) is 6.89.